The average molecular weight is 371 g/mol. The molecule has 1 fully saturated rings. The normalized spacial score (nSPS) is 13.1. The molecule has 0 atom stereocenters. The number of rotatable bonds is 7. The van der Waals surface area contributed by atoms with Crippen molar-refractivity contribution in [2.75, 3.05) is 13.7 Å². The molecule has 27 heavy (non-hydrogen) atoms. The van der Waals surface area contributed by atoms with Crippen molar-refractivity contribution in [1.82, 2.24) is 14.7 Å². The molecule has 8 heteroatoms. The first-order chi connectivity index (χ1) is 13.0. The van der Waals surface area contributed by atoms with Gasteiger partial charge in [0.15, 0.2) is 12.3 Å². The number of hydrogen-bond donors (Lipinski definition) is 0. The molecule has 142 valence electrons. The van der Waals surface area contributed by atoms with Crippen molar-refractivity contribution in [3.8, 4) is 5.75 Å². The molecule has 2 aromatic rings. The summed E-state index contributed by atoms with van der Waals surface area (Å²) in [5, 5.41) is 3.82. The largest absolute Gasteiger partial charge is 0.497 e. The highest BCUT2D eigenvalue weighted by Crippen LogP contribution is 2.28. The van der Waals surface area contributed by atoms with Gasteiger partial charge in [-0.2, -0.15) is 5.10 Å². The first kappa shape index (κ1) is 18.6. The summed E-state index contributed by atoms with van der Waals surface area (Å²) in [7, 11) is 3.04. The highest BCUT2D eigenvalue weighted by Gasteiger charge is 2.33. The van der Waals surface area contributed by atoms with E-state index in [1.165, 1.54) is 19.2 Å². The predicted octanol–water partition coefficient (Wildman–Crippen LogP) is 1.14. The summed E-state index contributed by atoms with van der Waals surface area (Å²) in [5.74, 6) is -0.243. The fourth-order valence-electron chi connectivity index (χ4n) is 2.63. The van der Waals surface area contributed by atoms with E-state index < -0.39 is 5.97 Å². The van der Waals surface area contributed by atoms with E-state index in [1.54, 1.807) is 12.0 Å². The summed E-state index contributed by atoms with van der Waals surface area (Å²) in [5.41, 5.74) is 0.627. The van der Waals surface area contributed by atoms with Gasteiger partial charge in [0.2, 0.25) is 0 Å². The molecular formula is C19H21N3O5. The molecule has 1 heterocycles. The van der Waals surface area contributed by atoms with Crippen LogP contribution in [-0.4, -0.2) is 46.3 Å². The van der Waals surface area contributed by atoms with Gasteiger partial charge in [0.1, 0.15) is 5.75 Å². The molecule has 0 N–H and O–H groups in total. The van der Waals surface area contributed by atoms with E-state index in [0.717, 1.165) is 28.8 Å². The molecule has 0 radical (unpaired) electrons. The second-order valence-electron chi connectivity index (χ2n) is 6.36. The lowest BCUT2D eigenvalue weighted by molar-refractivity contribution is -0.135. The summed E-state index contributed by atoms with van der Waals surface area (Å²) >= 11 is 0. The molecule has 3 rings (SSSR count). The van der Waals surface area contributed by atoms with E-state index in [2.05, 4.69) is 5.10 Å². The van der Waals surface area contributed by atoms with Crippen molar-refractivity contribution >= 4 is 11.9 Å². The van der Waals surface area contributed by atoms with Gasteiger partial charge in [-0.15, -0.1) is 0 Å². The predicted molar refractivity (Wildman–Crippen MR) is 96.3 cm³/mol. The fraction of sp³-hybridized carbons (Fsp3) is 0.368. The number of esters is 1. The Morgan fingerprint density at radius 2 is 1.89 bits per heavy atom. The second-order valence-corrected chi connectivity index (χ2v) is 6.36. The third-order valence-corrected chi connectivity index (χ3v) is 4.32. The number of methoxy groups -OCH3 is 1. The number of amides is 1. The maximum Gasteiger partial charge on any atom is 0.359 e. The van der Waals surface area contributed by atoms with Crippen molar-refractivity contribution in [2.45, 2.75) is 25.4 Å². The molecule has 1 aliphatic carbocycles. The van der Waals surface area contributed by atoms with Crippen molar-refractivity contribution in [1.29, 1.82) is 0 Å². The number of aromatic nitrogens is 2. The van der Waals surface area contributed by atoms with Crippen LogP contribution in [0.15, 0.2) is 41.2 Å². The van der Waals surface area contributed by atoms with Crippen LogP contribution in [0.4, 0.5) is 0 Å². The molecule has 0 aliphatic heterocycles. The number of ether oxygens (including phenoxy) is 2. The Labute approximate surface area is 156 Å². The lowest BCUT2D eigenvalue weighted by Gasteiger charge is -2.22. The minimum Gasteiger partial charge on any atom is -0.497 e. The lowest BCUT2D eigenvalue weighted by Crippen LogP contribution is -2.36. The molecule has 0 saturated heterocycles. The van der Waals surface area contributed by atoms with E-state index in [9.17, 15) is 14.4 Å². The zero-order chi connectivity index (χ0) is 19.4. The first-order valence-corrected chi connectivity index (χ1v) is 8.62. The molecule has 1 aromatic carbocycles. The standard InChI is InChI=1S/C19H21N3O5/c1-21-17(23)10-9-16(20-21)19(25)27-12-18(24)22(14-5-6-14)11-13-3-7-15(26-2)8-4-13/h3-4,7-10,14H,5-6,11-12H2,1-2H3. The second kappa shape index (κ2) is 8.03. The quantitative estimate of drug-likeness (QED) is 0.678. The SMILES string of the molecule is COc1ccc(CN(C(=O)COC(=O)c2ccc(=O)n(C)n2)C2CC2)cc1. The number of nitrogens with zero attached hydrogens (tertiary/aromatic N) is 3. The highest BCUT2D eigenvalue weighted by molar-refractivity contribution is 5.89. The number of carbonyl (C=O) groups is 2. The topological polar surface area (TPSA) is 90.7 Å². The van der Waals surface area contributed by atoms with Gasteiger partial charge in [-0.1, -0.05) is 12.1 Å². The van der Waals surface area contributed by atoms with E-state index >= 15 is 0 Å². The van der Waals surface area contributed by atoms with E-state index in [1.807, 2.05) is 24.3 Å². The Kier molecular flexibility index (Phi) is 5.54. The summed E-state index contributed by atoms with van der Waals surface area (Å²) in [6, 6.07) is 10.2. The molecule has 8 nitrogen and oxygen atoms in total. The Bertz CT molecular complexity index is 887. The van der Waals surface area contributed by atoms with E-state index in [-0.39, 0.29) is 29.8 Å². The van der Waals surface area contributed by atoms with E-state index in [4.69, 9.17) is 9.47 Å². The third-order valence-electron chi connectivity index (χ3n) is 4.32. The summed E-state index contributed by atoms with van der Waals surface area (Å²) < 4.78 is 11.3. The Balaban J connectivity index is 1.60. The van der Waals surface area contributed by atoms with Gasteiger partial charge in [0.25, 0.3) is 11.5 Å². The summed E-state index contributed by atoms with van der Waals surface area (Å²) in [4.78, 5) is 37.7. The zero-order valence-corrected chi connectivity index (χ0v) is 15.3. The van der Waals surface area contributed by atoms with E-state index in [0.29, 0.717) is 6.54 Å². The molecule has 1 aromatic heterocycles. The van der Waals surface area contributed by atoms with Crippen molar-refractivity contribution in [3.05, 3.63) is 58.0 Å². The van der Waals surface area contributed by atoms with Gasteiger partial charge >= 0.3 is 5.97 Å². The zero-order valence-electron chi connectivity index (χ0n) is 15.3. The fourth-order valence-corrected chi connectivity index (χ4v) is 2.63. The first-order valence-electron chi connectivity index (χ1n) is 8.62. The number of aryl methyl sites for hydroxylation is 1. The van der Waals surface area contributed by atoms with Gasteiger partial charge < -0.3 is 14.4 Å². The Morgan fingerprint density at radius 3 is 2.48 bits per heavy atom. The average Bonchev–Trinajstić information content (AvgIpc) is 3.51. The molecule has 1 saturated carbocycles. The summed E-state index contributed by atoms with van der Waals surface area (Å²) in [6.07, 6.45) is 1.89. The van der Waals surface area contributed by atoms with Crippen LogP contribution in [-0.2, 0) is 23.1 Å². The molecule has 1 amide bonds. The van der Waals surface area contributed by atoms with Gasteiger partial charge in [-0.05, 0) is 36.6 Å². The minimum absolute atomic E-state index is 0.0157. The van der Waals surface area contributed by atoms with Gasteiger partial charge in [0, 0.05) is 25.7 Å². The molecule has 0 spiro atoms. The minimum atomic E-state index is -0.737. The maximum atomic E-state index is 12.6. The van der Waals surface area contributed by atoms with Crippen molar-refractivity contribution < 1.29 is 19.1 Å². The maximum absolute atomic E-state index is 12.6. The lowest BCUT2D eigenvalue weighted by atomic mass is 10.2. The van der Waals surface area contributed by atoms with Gasteiger partial charge in [-0.25, -0.2) is 9.48 Å². The number of hydrogen-bond acceptors (Lipinski definition) is 6. The third kappa shape index (κ3) is 4.72. The van der Waals surface area contributed by atoms with Crippen LogP contribution in [0, 0.1) is 0 Å². The monoisotopic (exact) mass is 371 g/mol. The van der Waals surface area contributed by atoms with Crippen LogP contribution >= 0.6 is 0 Å². The van der Waals surface area contributed by atoms with Crippen molar-refractivity contribution in [3.63, 3.8) is 0 Å². The highest BCUT2D eigenvalue weighted by atomic mass is 16.5. The van der Waals surface area contributed by atoms with Crippen LogP contribution < -0.4 is 10.3 Å². The molecular weight excluding hydrogens is 350 g/mol. The molecule has 0 unspecified atom stereocenters. The Hall–Kier alpha value is -3.16. The summed E-state index contributed by atoms with van der Waals surface area (Å²) in [6.45, 7) is 0.0825. The van der Waals surface area contributed by atoms with Crippen LogP contribution in [0.5, 0.6) is 5.75 Å². The van der Waals surface area contributed by atoms with Crippen LogP contribution in [0.2, 0.25) is 0 Å². The van der Waals surface area contributed by atoms with Crippen LogP contribution in [0.25, 0.3) is 0 Å². The number of carbonyl (C=O) groups excluding carboxylic acids is 2. The molecule has 1 aliphatic rings. The smallest absolute Gasteiger partial charge is 0.359 e. The number of benzene rings is 1. The van der Waals surface area contributed by atoms with Crippen LogP contribution in [0.1, 0.15) is 28.9 Å². The van der Waals surface area contributed by atoms with Crippen LogP contribution in [0.3, 0.4) is 0 Å². The van der Waals surface area contributed by atoms with Crippen molar-refractivity contribution in [2.24, 2.45) is 7.05 Å². The Morgan fingerprint density at radius 1 is 1.19 bits per heavy atom. The van der Waals surface area contributed by atoms with Gasteiger partial charge in [-0.3, -0.25) is 9.59 Å². The van der Waals surface area contributed by atoms with Gasteiger partial charge in [0.05, 0.1) is 7.11 Å². The molecule has 0 bridgehead atoms.